The van der Waals surface area contributed by atoms with E-state index in [4.69, 9.17) is 46.9 Å². The lowest BCUT2D eigenvalue weighted by Crippen LogP contribution is -2.35. The van der Waals surface area contributed by atoms with E-state index in [0.29, 0.717) is 10.8 Å². The SMILES string of the molecule is COC(=O)c1cc(Oc2ccc(Cl)cc2Cl)ccc1[N+](=O)[O-].COCCOc1ccccc1S(=O)(=O)NC(=O)Nc1nc(OC)nc(OC)n1. The Balaban J connectivity index is 0.000000278. The third-order valence-electron chi connectivity index (χ3n) is 5.79. The number of carbonyl (C=O) groups is 2. The standard InChI is InChI=1S/C15H19N5O7S.C14H9Cl2NO5/c1-24-8-9-27-10-6-4-5-7-11(10)28(22,23)20-13(21)16-12-17-14(25-2)19-15(18-12)26-3;1-21-14(18)10-7-9(3-4-12(10)17(19)20)22-13-5-2-8(15)6-11(13)16/h4-7H,8-9H2,1-3H3,(H2,16,17,18,19,20,21);2-7H,1H3. The van der Waals surface area contributed by atoms with Gasteiger partial charge in [-0.25, -0.2) is 22.7 Å². The van der Waals surface area contributed by atoms with Crippen LogP contribution in [0.3, 0.4) is 0 Å². The zero-order chi connectivity index (χ0) is 36.8. The minimum atomic E-state index is -4.24. The number of aromatic nitrogens is 3. The average molecular weight is 756 g/mol. The van der Waals surface area contributed by atoms with Gasteiger partial charge in [0.2, 0.25) is 5.95 Å². The van der Waals surface area contributed by atoms with Crippen LogP contribution in [0.1, 0.15) is 10.4 Å². The summed E-state index contributed by atoms with van der Waals surface area (Å²) in [6.07, 6.45) is 0. The molecule has 18 nitrogen and oxygen atoms in total. The molecule has 0 fully saturated rings. The maximum atomic E-state index is 12.5. The second-order valence-corrected chi connectivity index (χ2v) is 11.6. The van der Waals surface area contributed by atoms with E-state index < -0.39 is 26.9 Å². The molecule has 1 aromatic heterocycles. The Morgan fingerprint density at radius 3 is 2.16 bits per heavy atom. The molecule has 50 heavy (non-hydrogen) atoms. The number of rotatable bonds is 13. The molecule has 0 aliphatic carbocycles. The molecule has 0 radical (unpaired) electrons. The molecule has 2 N–H and O–H groups in total. The molecule has 0 spiro atoms. The number of urea groups is 1. The zero-order valence-corrected chi connectivity index (χ0v) is 28.9. The fraction of sp³-hybridized carbons (Fsp3) is 0.207. The monoisotopic (exact) mass is 754 g/mol. The molecule has 0 aliphatic rings. The van der Waals surface area contributed by atoms with Crippen LogP contribution in [0, 0.1) is 10.1 Å². The van der Waals surface area contributed by atoms with Gasteiger partial charge in [0.25, 0.3) is 15.7 Å². The fourth-order valence-electron chi connectivity index (χ4n) is 3.60. The summed E-state index contributed by atoms with van der Waals surface area (Å²) >= 11 is 11.8. The van der Waals surface area contributed by atoms with Crippen LogP contribution in [0.5, 0.6) is 29.3 Å². The second-order valence-electron chi connectivity index (χ2n) is 9.08. The smallest absolute Gasteiger partial charge is 0.345 e. The molecule has 266 valence electrons. The number of methoxy groups -OCH3 is 4. The normalized spacial score (nSPS) is 10.5. The first-order valence-corrected chi connectivity index (χ1v) is 15.9. The number of hydrogen-bond acceptors (Lipinski definition) is 15. The van der Waals surface area contributed by atoms with Crippen molar-refractivity contribution in [3.63, 3.8) is 0 Å². The van der Waals surface area contributed by atoms with Crippen LogP contribution in [-0.2, 0) is 19.5 Å². The van der Waals surface area contributed by atoms with Gasteiger partial charge in [-0.1, -0.05) is 35.3 Å². The van der Waals surface area contributed by atoms with Crippen molar-refractivity contribution in [3.8, 4) is 29.3 Å². The number of esters is 1. The van der Waals surface area contributed by atoms with Crippen molar-refractivity contribution >= 4 is 56.9 Å². The second kappa shape index (κ2) is 18.3. The quantitative estimate of drug-likeness (QED) is 0.0800. The molecular formula is C29H28Cl2N6O12S. The van der Waals surface area contributed by atoms with Crippen molar-refractivity contribution in [1.29, 1.82) is 0 Å². The van der Waals surface area contributed by atoms with Gasteiger partial charge in [0.05, 0.1) is 37.9 Å². The van der Waals surface area contributed by atoms with Crippen molar-refractivity contribution in [1.82, 2.24) is 19.7 Å². The summed E-state index contributed by atoms with van der Waals surface area (Å²) in [7, 11) is 1.00. The van der Waals surface area contributed by atoms with Crippen molar-refractivity contribution in [2.24, 2.45) is 0 Å². The topological polar surface area (TPSA) is 230 Å². The third-order valence-corrected chi connectivity index (χ3v) is 7.69. The average Bonchev–Trinajstić information content (AvgIpc) is 3.09. The molecule has 0 saturated heterocycles. The van der Waals surface area contributed by atoms with Crippen LogP contribution in [-0.4, -0.2) is 81.9 Å². The molecule has 2 amide bonds. The molecular weight excluding hydrogens is 727 g/mol. The number of amides is 2. The van der Waals surface area contributed by atoms with Crippen molar-refractivity contribution in [2.45, 2.75) is 4.90 Å². The van der Waals surface area contributed by atoms with Gasteiger partial charge in [-0.15, -0.1) is 4.98 Å². The minimum Gasteiger partial charge on any atom is -0.490 e. The number of para-hydroxylation sites is 1. The van der Waals surface area contributed by atoms with Crippen LogP contribution in [0.15, 0.2) is 65.6 Å². The van der Waals surface area contributed by atoms with Crippen molar-refractivity contribution < 1.29 is 51.4 Å². The molecule has 0 saturated carbocycles. The van der Waals surface area contributed by atoms with E-state index in [0.717, 1.165) is 13.2 Å². The van der Waals surface area contributed by atoms with Gasteiger partial charge in [0.15, 0.2) is 0 Å². The Morgan fingerprint density at radius 1 is 0.880 bits per heavy atom. The van der Waals surface area contributed by atoms with E-state index in [9.17, 15) is 28.1 Å². The Bertz CT molecular complexity index is 1930. The Hall–Kier alpha value is -5.50. The Kier molecular flexibility index (Phi) is 14.3. The number of hydrogen-bond donors (Lipinski definition) is 2. The molecule has 3 aromatic carbocycles. The summed E-state index contributed by atoms with van der Waals surface area (Å²) in [5.41, 5.74) is -0.587. The van der Waals surface area contributed by atoms with Crippen LogP contribution in [0.4, 0.5) is 16.4 Å². The third kappa shape index (κ3) is 11.0. The largest absolute Gasteiger partial charge is 0.490 e. The molecule has 21 heteroatoms. The Morgan fingerprint density at radius 2 is 1.56 bits per heavy atom. The van der Waals surface area contributed by atoms with E-state index in [1.807, 2.05) is 4.72 Å². The molecule has 0 bridgehead atoms. The first kappa shape index (κ1) is 38.9. The maximum absolute atomic E-state index is 12.5. The number of benzene rings is 3. The predicted molar refractivity (Wildman–Crippen MR) is 177 cm³/mol. The highest BCUT2D eigenvalue weighted by atomic mass is 35.5. The number of halogens is 2. The van der Waals surface area contributed by atoms with Crippen LogP contribution >= 0.6 is 23.2 Å². The highest BCUT2D eigenvalue weighted by Crippen LogP contribution is 2.33. The lowest BCUT2D eigenvalue weighted by Gasteiger charge is -2.12. The van der Waals surface area contributed by atoms with Crippen LogP contribution < -0.4 is 29.0 Å². The van der Waals surface area contributed by atoms with E-state index in [-0.39, 0.29) is 63.9 Å². The summed E-state index contributed by atoms with van der Waals surface area (Å²) < 4.78 is 56.9. The van der Waals surface area contributed by atoms with E-state index in [1.54, 1.807) is 18.2 Å². The summed E-state index contributed by atoms with van der Waals surface area (Å²) in [6, 6.07) is 12.9. The molecule has 1 heterocycles. The number of sulfonamides is 1. The van der Waals surface area contributed by atoms with Gasteiger partial charge in [0.1, 0.15) is 34.3 Å². The minimum absolute atomic E-state index is 0.0725. The molecule has 0 atom stereocenters. The van der Waals surface area contributed by atoms with Gasteiger partial charge >= 0.3 is 24.0 Å². The molecule has 0 unspecified atom stereocenters. The number of carbonyl (C=O) groups excluding carboxylic acids is 2. The predicted octanol–water partition coefficient (Wildman–Crippen LogP) is 4.90. The van der Waals surface area contributed by atoms with Gasteiger partial charge in [-0.05, 0) is 36.4 Å². The zero-order valence-electron chi connectivity index (χ0n) is 26.5. The van der Waals surface area contributed by atoms with Crippen molar-refractivity contribution in [2.75, 3.05) is 47.0 Å². The van der Waals surface area contributed by atoms with Crippen LogP contribution in [0.25, 0.3) is 0 Å². The summed E-state index contributed by atoms with van der Waals surface area (Å²) in [6.45, 7) is 0.408. The first-order chi connectivity index (χ1) is 23.8. The number of nitro groups is 1. The molecule has 0 aliphatic heterocycles. The lowest BCUT2D eigenvalue weighted by atomic mass is 10.1. The number of ether oxygens (including phenoxy) is 6. The van der Waals surface area contributed by atoms with Crippen LogP contribution in [0.2, 0.25) is 10.0 Å². The highest BCUT2D eigenvalue weighted by Gasteiger charge is 2.24. The van der Waals surface area contributed by atoms with E-state index >= 15 is 0 Å². The lowest BCUT2D eigenvalue weighted by molar-refractivity contribution is -0.385. The summed E-state index contributed by atoms with van der Waals surface area (Å²) in [5.74, 6) is -0.519. The van der Waals surface area contributed by atoms with Gasteiger partial charge < -0.3 is 28.4 Å². The maximum Gasteiger partial charge on any atom is 0.345 e. The summed E-state index contributed by atoms with van der Waals surface area (Å²) in [5, 5.41) is 13.8. The van der Waals surface area contributed by atoms with E-state index in [2.05, 4.69) is 25.0 Å². The summed E-state index contributed by atoms with van der Waals surface area (Å²) in [4.78, 5) is 45.1. The number of anilines is 1. The van der Waals surface area contributed by atoms with Gasteiger partial charge in [-0.3, -0.25) is 15.4 Å². The van der Waals surface area contributed by atoms with E-state index in [1.165, 1.54) is 57.7 Å². The molecule has 4 rings (SSSR count). The van der Waals surface area contributed by atoms with Gasteiger partial charge in [0, 0.05) is 24.3 Å². The number of nitrogens with zero attached hydrogens (tertiary/aromatic N) is 4. The fourth-order valence-corrected chi connectivity index (χ4v) is 5.10. The van der Waals surface area contributed by atoms with Gasteiger partial charge in [-0.2, -0.15) is 9.97 Å². The molecule has 4 aromatic rings. The van der Waals surface area contributed by atoms with Crippen molar-refractivity contribution in [3.05, 3.63) is 86.4 Å². The number of nitro benzene ring substituents is 1. The Labute approximate surface area is 294 Å². The first-order valence-electron chi connectivity index (χ1n) is 13.7. The highest BCUT2D eigenvalue weighted by molar-refractivity contribution is 7.90. The number of nitrogens with one attached hydrogen (secondary N) is 2.